The van der Waals surface area contributed by atoms with Crippen LogP contribution in [0, 0.1) is 0 Å². The fraction of sp³-hybridized carbons (Fsp3) is 0.143. The number of hydrogen-bond donors (Lipinski definition) is 0. The van der Waals surface area contributed by atoms with E-state index in [9.17, 15) is 32.3 Å². The van der Waals surface area contributed by atoms with Crippen LogP contribution in [0.1, 0.15) is 33.4 Å². The van der Waals surface area contributed by atoms with Gasteiger partial charge in [-0.1, -0.05) is 24.3 Å². The van der Waals surface area contributed by atoms with Gasteiger partial charge in [-0.25, -0.2) is 4.79 Å². The van der Waals surface area contributed by atoms with Gasteiger partial charge >= 0.3 is 12.1 Å². The van der Waals surface area contributed by atoms with Crippen LogP contribution in [0.4, 0.5) is 13.2 Å². The van der Waals surface area contributed by atoms with Crippen molar-refractivity contribution in [3.8, 4) is 23.0 Å². The topological polar surface area (TPSA) is 112 Å². The van der Waals surface area contributed by atoms with E-state index in [2.05, 4.69) is 0 Å². The minimum absolute atomic E-state index is 0.123. The van der Waals surface area contributed by atoms with Gasteiger partial charge in [-0.05, 0) is 43.3 Å². The molecule has 40 heavy (non-hydrogen) atoms. The van der Waals surface area contributed by atoms with Crippen molar-refractivity contribution < 1.29 is 46.2 Å². The van der Waals surface area contributed by atoms with Gasteiger partial charge in [-0.3, -0.25) is 19.3 Å². The molecule has 0 aliphatic carbocycles. The summed E-state index contributed by atoms with van der Waals surface area (Å²) in [6, 6.07) is 15.1. The number of carbonyl (C=O) groups excluding carboxylic acids is 3. The summed E-state index contributed by atoms with van der Waals surface area (Å²) < 4.78 is 62.7. The third-order valence-electron chi connectivity index (χ3n) is 5.84. The first-order chi connectivity index (χ1) is 19.1. The molecule has 5 rings (SSSR count). The van der Waals surface area contributed by atoms with Crippen LogP contribution in [0.25, 0.3) is 11.0 Å². The molecule has 2 amide bonds. The molecule has 1 aliphatic rings. The van der Waals surface area contributed by atoms with Gasteiger partial charge in [0.2, 0.25) is 11.2 Å². The molecular weight excluding hydrogens is 535 g/mol. The van der Waals surface area contributed by atoms with Gasteiger partial charge in [0.15, 0.2) is 11.5 Å². The molecule has 204 valence electrons. The van der Waals surface area contributed by atoms with Gasteiger partial charge in [-0.2, -0.15) is 13.2 Å². The quantitative estimate of drug-likeness (QED) is 0.174. The SMILES string of the molecule is CCOc1ccccc1Oc1c(C(F)(F)F)oc2cc(OC(=O)CN3C(=O)c4ccccc4C3=O)ccc2c1=O. The van der Waals surface area contributed by atoms with Crippen LogP contribution in [0.2, 0.25) is 0 Å². The van der Waals surface area contributed by atoms with Gasteiger partial charge in [0.25, 0.3) is 17.6 Å². The van der Waals surface area contributed by atoms with Crippen molar-refractivity contribution in [1.82, 2.24) is 4.90 Å². The molecule has 0 N–H and O–H groups in total. The molecule has 0 spiro atoms. The highest BCUT2D eigenvalue weighted by Crippen LogP contribution is 2.40. The van der Waals surface area contributed by atoms with Gasteiger partial charge in [0.1, 0.15) is 17.9 Å². The third kappa shape index (κ3) is 4.86. The first-order valence-corrected chi connectivity index (χ1v) is 11.8. The zero-order valence-electron chi connectivity index (χ0n) is 20.6. The Morgan fingerprint density at radius 1 is 0.900 bits per heavy atom. The van der Waals surface area contributed by atoms with Gasteiger partial charge in [0.05, 0.1) is 23.1 Å². The highest BCUT2D eigenvalue weighted by atomic mass is 19.4. The van der Waals surface area contributed by atoms with Crippen LogP contribution in [0.15, 0.2) is 75.9 Å². The van der Waals surface area contributed by atoms with Crippen molar-refractivity contribution in [2.24, 2.45) is 0 Å². The first-order valence-electron chi connectivity index (χ1n) is 11.8. The standard InChI is InChI=1S/C28H18F3NO8/c1-2-37-19-9-5-6-10-20(19)39-24-23(34)18-12-11-15(13-21(18)40-25(24)28(29,30)31)38-22(33)14-32-26(35)16-7-3-4-8-17(16)27(32)36/h3-13H,2,14H2,1H3. The van der Waals surface area contributed by atoms with Crippen molar-refractivity contribution in [3.63, 3.8) is 0 Å². The number of fused-ring (bicyclic) bond motifs is 2. The van der Waals surface area contributed by atoms with Gasteiger partial charge in [-0.15, -0.1) is 0 Å². The number of amides is 2. The lowest BCUT2D eigenvalue weighted by molar-refractivity contribution is -0.154. The van der Waals surface area contributed by atoms with Crippen LogP contribution in [0.5, 0.6) is 23.0 Å². The zero-order valence-corrected chi connectivity index (χ0v) is 20.6. The van der Waals surface area contributed by atoms with Gasteiger partial charge in [0, 0.05) is 6.07 Å². The summed E-state index contributed by atoms with van der Waals surface area (Å²) in [5, 5.41) is -0.281. The predicted molar refractivity (Wildman–Crippen MR) is 133 cm³/mol. The van der Waals surface area contributed by atoms with E-state index in [1.54, 1.807) is 25.1 Å². The van der Waals surface area contributed by atoms with Gasteiger partial charge < -0.3 is 18.6 Å². The highest BCUT2D eigenvalue weighted by Gasteiger charge is 2.41. The van der Waals surface area contributed by atoms with Crippen molar-refractivity contribution >= 4 is 28.8 Å². The number of nitrogens with zero attached hydrogens (tertiary/aromatic N) is 1. The minimum atomic E-state index is -5.12. The molecule has 1 aliphatic heterocycles. The lowest BCUT2D eigenvalue weighted by atomic mass is 10.1. The first kappa shape index (κ1) is 26.5. The maximum absolute atomic E-state index is 13.9. The Morgan fingerprint density at radius 3 is 2.15 bits per heavy atom. The van der Waals surface area contributed by atoms with E-state index in [0.29, 0.717) is 4.90 Å². The smallest absolute Gasteiger partial charge is 0.453 e. The van der Waals surface area contributed by atoms with Crippen LogP contribution in [0.3, 0.4) is 0 Å². The second-order valence-electron chi connectivity index (χ2n) is 8.44. The van der Waals surface area contributed by atoms with Crippen LogP contribution in [-0.2, 0) is 11.0 Å². The van der Waals surface area contributed by atoms with E-state index in [4.69, 9.17) is 18.6 Å². The Bertz CT molecular complexity index is 1690. The Labute approximate surface area is 223 Å². The number of alkyl halides is 3. The number of benzene rings is 3. The van der Waals surface area contributed by atoms with Crippen LogP contribution < -0.4 is 19.6 Å². The Hall–Kier alpha value is -5.13. The predicted octanol–water partition coefficient (Wildman–Crippen LogP) is 5.20. The largest absolute Gasteiger partial charge is 0.490 e. The molecular formula is C28H18F3NO8. The summed E-state index contributed by atoms with van der Waals surface area (Å²) in [5.74, 6) is -5.49. The van der Waals surface area contributed by atoms with E-state index < -0.39 is 53.0 Å². The monoisotopic (exact) mass is 553 g/mol. The van der Waals surface area contributed by atoms with E-state index >= 15 is 0 Å². The van der Waals surface area contributed by atoms with Crippen molar-refractivity contribution in [3.05, 3.63) is 93.8 Å². The molecule has 0 atom stereocenters. The molecule has 3 aromatic carbocycles. The van der Waals surface area contributed by atoms with Crippen LogP contribution >= 0.6 is 0 Å². The summed E-state index contributed by atoms with van der Waals surface area (Å²) in [6.45, 7) is 1.13. The molecule has 12 heteroatoms. The molecule has 0 radical (unpaired) electrons. The summed E-state index contributed by atoms with van der Waals surface area (Å²) >= 11 is 0. The molecule has 2 heterocycles. The van der Waals surface area contributed by atoms with Crippen molar-refractivity contribution in [1.29, 1.82) is 0 Å². The second-order valence-corrected chi connectivity index (χ2v) is 8.44. The Kier molecular flexibility index (Phi) is 6.76. The lowest BCUT2D eigenvalue weighted by Crippen LogP contribution is -2.36. The molecule has 0 fully saturated rings. The summed E-state index contributed by atoms with van der Waals surface area (Å²) in [7, 11) is 0. The molecule has 1 aromatic heterocycles. The fourth-order valence-corrected chi connectivity index (χ4v) is 4.09. The van der Waals surface area contributed by atoms with E-state index in [1.165, 1.54) is 30.3 Å². The maximum atomic E-state index is 13.9. The maximum Gasteiger partial charge on any atom is 0.453 e. The number of hydrogen-bond acceptors (Lipinski definition) is 8. The second kappa shape index (κ2) is 10.2. The summed E-state index contributed by atoms with van der Waals surface area (Å²) in [4.78, 5) is 51.3. The summed E-state index contributed by atoms with van der Waals surface area (Å²) in [5.41, 5.74) is -1.39. The number of halogens is 3. The molecule has 0 saturated carbocycles. The molecule has 0 saturated heterocycles. The third-order valence-corrected chi connectivity index (χ3v) is 5.84. The van der Waals surface area contributed by atoms with Crippen molar-refractivity contribution in [2.75, 3.05) is 13.2 Å². The highest BCUT2D eigenvalue weighted by molar-refractivity contribution is 6.22. The number of para-hydroxylation sites is 2. The Balaban J connectivity index is 1.44. The normalized spacial score (nSPS) is 12.9. The van der Waals surface area contributed by atoms with Crippen LogP contribution in [-0.4, -0.2) is 35.8 Å². The average molecular weight is 553 g/mol. The minimum Gasteiger partial charge on any atom is -0.490 e. The van der Waals surface area contributed by atoms with E-state index in [0.717, 1.165) is 18.2 Å². The number of esters is 1. The molecule has 0 unspecified atom stereocenters. The molecule has 4 aromatic rings. The Morgan fingerprint density at radius 2 is 1.52 bits per heavy atom. The van der Waals surface area contributed by atoms with E-state index in [1.807, 2.05) is 0 Å². The lowest BCUT2D eigenvalue weighted by Gasteiger charge is -2.15. The average Bonchev–Trinajstić information content (AvgIpc) is 3.15. The van der Waals surface area contributed by atoms with Crippen molar-refractivity contribution in [2.45, 2.75) is 13.1 Å². The zero-order chi connectivity index (χ0) is 28.6. The number of imide groups is 1. The number of carbonyl (C=O) groups is 3. The fourth-order valence-electron chi connectivity index (χ4n) is 4.09. The molecule has 9 nitrogen and oxygen atoms in total. The number of rotatable bonds is 7. The molecule has 0 bridgehead atoms. The summed E-state index contributed by atoms with van der Waals surface area (Å²) in [6.07, 6.45) is -5.12. The van der Waals surface area contributed by atoms with E-state index in [-0.39, 0.29) is 40.4 Å². The number of ether oxygens (including phenoxy) is 3.